The lowest BCUT2D eigenvalue weighted by molar-refractivity contribution is -0.192. The van der Waals surface area contributed by atoms with Gasteiger partial charge in [0, 0.05) is 43.6 Å². The van der Waals surface area contributed by atoms with Crippen LogP contribution in [0.1, 0.15) is 49.2 Å². The Kier molecular flexibility index (Phi) is 10.0. The number of aliphatic hydroxyl groups is 1. The number of rotatable bonds is 6. The van der Waals surface area contributed by atoms with Crippen molar-refractivity contribution in [2.45, 2.75) is 63.3 Å². The van der Waals surface area contributed by atoms with Crippen molar-refractivity contribution in [3.63, 3.8) is 0 Å². The summed E-state index contributed by atoms with van der Waals surface area (Å²) in [5.41, 5.74) is -0.630. The molecule has 5 rings (SSSR count). The molecule has 0 bridgehead atoms. The predicted molar refractivity (Wildman–Crippen MR) is 154 cm³/mol. The number of halogens is 5. The van der Waals surface area contributed by atoms with Crippen molar-refractivity contribution < 1.29 is 41.8 Å². The van der Waals surface area contributed by atoms with Gasteiger partial charge in [-0.15, -0.1) is 0 Å². The van der Waals surface area contributed by atoms with Crippen LogP contribution in [0.3, 0.4) is 0 Å². The summed E-state index contributed by atoms with van der Waals surface area (Å²) in [4.78, 5) is 41.3. The number of anilines is 3. The monoisotopic (exact) mass is 640 g/mol. The smallest absolute Gasteiger partial charge is 0.475 e. The number of hydrogen-bond acceptors (Lipinski definition) is 10. The number of carboxylic acid groups (broad SMARTS) is 1. The molecule has 2 aliphatic rings. The van der Waals surface area contributed by atoms with E-state index in [1.807, 2.05) is 19.9 Å². The van der Waals surface area contributed by atoms with Crippen LogP contribution in [0.4, 0.5) is 39.5 Å². The molecule has 244 valence electrons. The molecule has 4 atom stereocenters. The summed E-state index contributed by atoms with van der Waals surface area (Å²) in [7, 11) is 0. The molecular formula is C28H33F5N8O4. The number of aliphatic hydroxyl groups excluding tert-OH is 1. The van der Waals surface area contributed by atoms with Crippen molar-refractivity contribution >= 4 is 40.2 Å². The first-order valence-electron chi connectivity index (χ1n) is 14.0. The average Bonchev–Trinajstić information content (AvgIpc) is 3.37. The van der Waals surface area contributed by atoms with Gasteiger partial charge in [-0.1, -0.05) is 13.8 Å². The molecule has 0 spiro atoms. The number of hydrogen-bond donors (Lipinski definition) is 5. The SMILES string of the molecule is CC(C)c1cnc(C(=O)N[C@@H]2CNC[C@H]2F)c2cnc(Nc3ccnc(N4CC[C@@H](O)[C@@](C)(F)C4)n3)cc12.O=C(O)C(F)(F)F. The van der Waals surface area contributed by atoms with Gasteiger partial charge < -0.3 is 31.1 Å². The number of carbonyl (C=O) groups is 2. The summed E-state index contributed by atoms with van der Waals surface area (Å²) >= 11 is 0. The van der Waals surface area contributed by atoms with E-state index >= 15 is 0 Å². The van der Waals surface area contributed by atoms with E-state index in [0.717, 1.165) is 10.9 Å². The summed E-state index contributed by atoms with van der Waals surface area (Å²) in [6, 6.07) is 2.90. The molecule has 45 heavy (non-hydrogen) atoms. The fourth-order valence-electron chi connectivity index (χ4n) is 4.90. The van der Waals surface area contributed by atoms with Crippen LogP contribution in [-0.2, 0) is 4.79 Å². The van der Waals surface area contributed by atoms with E-state index in [9.17, 15) is 31.9 Å². The third kappa shape index (κ3) is 8.08. The summed E-state index contributed by atoms with van der Waals surface area (Å²) in [6.45, 7) is 6.44. The van der Waals surface area contributed by atoms with Gasteiger partial charge >= 0.3 is 12.1 Å². The Bertz CT molecular complexity index is 1540. The largest absolute Gasteiger partial charge is 0.490 e. The molecule has 1 amide bonds. The number of alkyl halides is 5. The lowest BCUT2D eigenvalue weighted by Crippen LogP contribution is -2.52. The molecule has 17 heteroatoms. The molecule has 0 radical (unpaired) electrons. The number of amides is 1. The van der Waals surface area contributed by atoms with Gasteiger partial charge in [-0.3, -0.25) is 9.78 Å². The number of piperidine rings is 1. The van der Waals surface area contributed by atoms with Crippen molar-refractivity contribution in [2.24, 2.45) is 0 Å². The first-order chi connectivity index (χ1) is 21.1. The van der Waals surface area contributed by atoms with E-state index in [-0.39, 0.29) is 31.1 Å². The Morgan fingerprint density at radius 1 is 1.13 bits per heavy atom. The van der Waals surface area contributed by atoms with Crippen molar-refractivity contribution in [1.29, 1.82) is 0 Å². The fourth-order valence-corrected chi connectivity index (χ4v) is 4.90. The Labute approximate surface area is 254 Å². The molecule has 12 nitrogen and oxygen atoms in total. The third-order valence-electron chi connectivity index (χ3n) is 7.39. The van der Waals surface area contributed by atoms with Gasteiger partial charge in [-0.25, -0.2) is 23.5 Å². The fraction of sp³-hybridized carbons (Fsp3) is 0.500. The molecular weight excluding hydrogens is 607 g/mol. The van der Waals surface area contributed by atoms with Crippen LogP contribution < -0.4 is 20.9 Å². The van der Waals surface area contributed by atoms with E-state index in [0.29, 0.717) is 36.1 Å². The molecule has 3 aromatic rings. The van der Waals surface area contributed by atoms with Crippen LogP contribution in [0.2, 0.25) is 0 Å². The van der Waals surface area contributed by atoms with Crippen LogP contribution >= 0.6 is 0 Å². The van der Waals surface area contributed by atoms with Crippen LogP contribution in [0.15, 0.2) is 30.7 Å². The van der Waals surface area contributed by atoms with E-state index < -0.39 is 42.0 Å². The molecule has 0 saturated carbocycles. The lowest BCUT2D eigenvalue weighted by Gasteiger charge is -2.38. The lowest BCUT2D eigenvalue weighted by atomic mass is 9.94. The van der Waals surface area contributed by atoms with Crippen molar-refractivity contribution in [1.82, 2.24) is 30.6 Å². The highest BCUT2D eigenvalue weighted by Gasteiger charge is 2.40. The highest BCUT2D eigenvalue weighted by molar-refractivity contribution is 6.06. The van der Waals surface area contributed by atoms with Gasteiger partial charge in [0.15, 0.2) is 5.67 Å². The van der Waals surface area contributed by atoms with Gasteiger partial charge in [-0.05, 0) is 42.3 Å². The number of nitrogens with one attached hydrogen (secondary N) is 3. The van der Waals surface area contributed by atoms with Crippen LogP contribution in [0.5, 0.6) is 0 Å². The van der Waals surface area contributed by atoms with Gasteiger partial charge in [0.1, 0.15) is 23.5 Å². The molecule has 2 fully saturated rings. The number of fused-ring (bicyclic) bond motifs is 1. The maximum atomic E-state index is 14.7. The number of carbonyl (C=O) groups excluding carboxylic acids is 1. The second-order valence-electron chi connectivity index (χ2n) is 11.3. The Balaban J connectivity index is 0.000000591. The van der Waals surface area contributed by atoms with E-state index in [2.05, 4.69) is 35.9 Å². The predicted octanol–water partition coefficient (Wildman–Crippen LogP) is 3.26. The second kappa shape index (κ2) is 13.4. The topological polar surface area (TPSA) is 165 Å². The molecule has 2 saturated heterocycles. The zero-order valence-corrected chi connectivity index (χ0v) is 24.6. The molecule has 0 unspecified atom stereocenters. The van der Waals surface area contributed by atoms with Crippen molar-refractivity contribution in [3.8, 4) is 0 Å². The highest BCUT2D eigenvalue weighted by atomic mass is 19.4. The first kappa shape index (κ1) is 33.6. The summed E-state index contributed by atoms with van der Waals surface area (Å²) in [6.07, 6.45) is -2.15. The van der Waals surface area contributed by atoms with E-state index in [4.69, 9.17) is 9.90 Å². The number of aliphatic carboxylic acids is 1. The third-order valence-corrected chi connectivity index (χ3v) is 7.39. The molecule has 3 aromatic heterocycles. The minimum Gasteiger partial charge on any atom is -0.475 e. The number of nitrogens with zero attached hydrogens (tertiary/aromatic N) is 5. The van der Waals surface area contributed by atoms with Crippen LogP contribution in [0, 0.1) is 0 Å². The molecule has 0 aliphatic carbocycles. The standard InChI is InChI=1S/C26H32F2N8O2.C2HF3O2/c1-14(2)16-9-32-23(24(38)33-19-12-29-11-18(19)27)17-10-31-22(8-15(16)17)34-21-4-6-30-25(35-21)36-7-5-20(37)26(3,28)13-36;3-2(4,5)1(6)7/h4,6,8-10,14,18-20,29,37H,5,7,11-13H2,1-3H3,(H,33,38)(H,30,31,34,35);(H,6,7)/t18-,19-,20-,26+;/m1./s1. The van der Waals surface area contributed by atoms with Crippen molar-refractivity contribution in [3.05, 3.63) is 42.0 Å². The first-order valence-corrected chi connectivity index (χ1v) is 14.0. The summed E-state index contributed by atoms with van der Waals surface area (Å²) in [5.74, 6) is -1.76. The van der Waals surface area contributed by atoms with Crippen LogP contribution in [0.25, 0.3) is 10.8 Å². The maximum absolute atomic E-state index is 14.7. The quantitative estimate of drug-likeness (QED) is 0.251. The molecule has 5 N–H and O–H groups in total. The van der Waals surface area contributed by atoms with Gasteiger partial charge in [0.25, 0.3) is 5.91 Å². The molecule has 5 heterocycles. The minimum absolute atomic E-state index is 0.0124. The average molecular weight is 641 g/mol. The van der Waals surface area contributed by atoms with Gasteiger partial charge in [-0.2, -0.15) is 18.2 Å². The summed E-state index contributed by atoms with van der Waals surface area (Å²) in [5, 5.41) is 27.3. The minimum atomic E-state index is -5.08. The van der Waals surface area contributed by atoms with E-state index in [1.54, 1.807) is 29.6 Å². The number of pyridine rings is 2. The molecule has 2 aliphatic heterocycles. The Morgan fingerprint density at radius 3 is 2.44 bits per heavy atom. The highest BCUT2D eigenvalue weighted by Crippen LogP contribution is 2.30. The zero-order valence-electron chi connectivity index (χ0n) is 24.6. The number of carboxylic acids is 1. The summed E-state index contributed by atoms with van der Waals surface area (Å²) < 4.78 is 60.5. The van der Waals surface area contributed by atoms with Crippen LogP contribution in [-0.4, -0.2) is 98.4 Å². The van der Waals surface area contributed by atoms with Crippen molar-refractivity contribution in [2.75, 3.05) is 36.4 Å². The second-order valence-corrected chi connectivity index (χ2v) is 11.3. The Morgan fingerprint density at radius 2 is 1.84 bits per heavy atom. The Hall–Kier alpha value is -4.25. The van der Waals surface area contributed by atoms with Gasteiger partial charge in [0.2, 0.25) is 5.95 Å². The molecule has 0 aromatic carbocycles. The van der Waals surface area contributed by atoms with Gasteiger partial charge in [0.05, 0.1) is 18.7 Å². The zero-order chi connectivity index (χ0) is 33.1. The normalized spacial score (nSPS) is 23.4. The number of aromatic nitrogens is 4. The van der Waals surface area contributed by atoms with E-state index in [1.165, 1.54) is 6.92 Å². The maximum Gasteiger partial charge on any atom is 0.490 e.